The largest absolute Gasteiger partial charge is 0.394 e. The van der Waals surface area contributed by atoms with E-state index in [1.807, 2.05) is 13.0 Å². The summed E-state index contributed by atoms with van der Waals surface area (Å²) in [7, 11) is 0. The van der Waals surface area contributed by atoms with Crippen LogP contribution in [0.25, 0.3) is 0 Å². The van der Waals surface area contributed by atoms with Crippen molar-refractivity contribution in [2.45, 2.75) is 26.3 Å². The second-order valence-corrected chi connectivity index (χ2v) is 5.50. The van der Waals surface area contributed by atoms with Gasteiger partial charge in [0.15, 0.2) is 0 Å². The third kappa shape index (κ3) is 3.26. The van der Waals surface area contributed by atoms with Crippen LogP contribution in [0.3, 0.4) is 0 Å². The first kappa shape index (κ1) is 15.6. The highest BCUT2D eigenvalue weighted by Gasteiger charge is 2.34. The molecule has 0 saturated carbocycles. The minimum atomic E-state index is -0.201. The number of amides is 1. The predicted octanol–water partition coefficient (Wildman–Crippen LogP) is 1.18. The highest BCUT2D eigenvalue weighted by atomic mass is 16.3. The molecule has 2 N–H and O–H groups in total. The third-order valence-corrected chi connectivity index (χ3v) is 4.12. The van der Waals surface area contributed by atoms with E-state index in [0.717, 1.165) is 17.5 Å². The van der Waals surface area contributed by atoms with Crippen LogP contribution in [0.15, 0.2) is 18.2 Å². The Kier molecular flexibility index (Phi) is 5.00. The van der Waals surface area contributed by atoms with Gasteiger partial charge in [-0.15, -0.1) is 0 Å². The number of nitrogens with zero attached hydrogens (tertiary/aromatic N) is 1. The Balaban J connectivity index is 2.27. The van der Waals surface area contributed by atoms with Crippen LogP contribution in [0.1, 0.15) is 34.8 Å². The highest BCUT2D eigenvalue weighted by Crippen LogP contribution is 2.25. The zero-order valence-corrected chi connectivity index (χ0v) is 12.5. The molecular weight excluding hydrogens is 266 g/mol. The van der Waals surface area contributed by atoms with Crippen LogP contribution >= 0.6 is 0 Å². The van der Waals surface area contributed by atoms with E-state index in [9.17, 15) is 9.90 Å². The molecule has 1 aliphatic rings. The molecule has 0 aliphatic carbocycles. The maximum Gasteiger partial charge on any atom is 0.254 e. The summed E-state index contributed by atoms with van der Waals surface area (Å²) in [5.74, 6) is 5.72. The van der Waals surface area contributed by atoms with Gasteiger partial charge in [0, 0.05) is 17.7 Å². The molecule has 1 amide bonds. The molecule has 4 nitrogen and oxygen atoms in total. The zero-order valence-electron chi connectivity index (χ0n) is 12.5. The van der Waals surface area contributed by atoms with Crippen molar-refractivity contribution in [3.63, 3.8) is 0 Å². The Hall–Kier alpha value is -1.83. The third-order valence-electron chi connectivity index (χ3n) is 4.12. The van der Waals surface area contributed by atoms with Gasteiger partial charge in [-0.3, -0.25) is 4.79 Å². The number of hydrogen-bond donors (Lipinski definition) is 2. The number of carbonyl (C=O) groups excluding carboxylic acids is 1. The molecule has 112 valence electrons. The summed E-state index contributed by atoms with van der Waals surface area (Å²) in [6.07, 6.45) is 0.917. The second kappa shape index (κ2) is 6.75. The summed E-state index contributed by atoms with van der Waals surface area (Å²) < 4.78 is 0. The number of hydrogen-bond acceptors (Lipinski definition) is 3. The minimum absolute atomic E-state index is 0.00402. The normalized spacial score (nSPS) is 21.0. The van der Waals surface area contributed by atoms with E-state index in [1.54, 1.807) is 17.0 Å². The van der Waals surface area contributed by atoms with Gasteiger partial charge in [-0.05, 0) is 37.0 Å². The lowest BCUT2D eigenvalue weighted by Crippen LogP contribution is -2.39. The molecule has 1 saturated heterocycles. The molecule has 1 aromatic rings. The van der Waals surface area contributed by atoms with Crippen LogP contribution in [0, 0.1) is 24.7 Å². The van der Waals surface area contributed by atoms with Crippen LogP contribution in [0.5, 0.6) is 0 Å². The van der Waals surface area contributed by atoms with Gasteiger partial charge in [0.1, 0.15) is 6.61 Å². The van der Waals surface area contributed by atoms with E-state index in [-0.39, 0.29) is 25.2 Å². The number of benzene rings is 1. The average Bonchev–Trinajstić information content (AvgIpc) is 2.86. The van der Waals surface area contributed by atoms with Crippen molar-refractivity contribution >= 4 is 5.91 Å². The average molecular weight is 287 g/mol. The molecule has 1 aromatic carbocycles. The Labute approximate surface area is 125 Å². The quantitative estimate of drug-likeness (QED) is 0.803. The molecule has 1 aliphatic heterocycles. The summed E-state index contributed by atoms with van der Waals surface area (Å²) in [4.78, 5) is 14.4. The van der Waals surface area contributed by atoms with Gasteiger partial charge in [0.05, 0.1) is 12.6 Å². The van der Waals surface area contributed by atoms with Gasteiger partial charge in [0.2, 0.25) is 0 Å². The Morgan fingerprint density at radius 2 is 2.19 bits per heavy atom. The van der Waals surface area contributed by atoms with E-state index < -0.39 is 0 Å². The lowest BCUT2D eigenvalue weighted by Gasteiger charge is -2.25. The second-order valence-electron chi connectivity index (χ2n) is 5.50. The molecule has 1 heterocycles. The summed E-state index contributed by atoms with van der Waals surface area (Å²) in [5, 5.41) is 18.3. The van der Waals surface area contributed by atoms with Crippen molar-refractivity contribution in [2.24, 2.45) is 5.92 Å². The Morgan fingerprint density at radius 3 is 2.86 bits per heavy atom. The van der Waals surface area contributed by atoms with Gasteiger partial charge >= 0.3 is 0 Å². The van der Waals surface area contributed by atoms with Crippen molar-refractivity contribution < 1.29 is 15.0 Å². The fourth-order valence-electron chi connectivity index (χ4n) is 2.73. The Morgan fingerprint density at radius 1 is 1.43 bits per heavy atom. The van der Waals surface area contributed by atoms with Gasteiger partial charge in [-0.25, -0.2) is 0 Å². The maximum absolute atomic E-state index is 12.6. The topological polar surface area (TPSA) is 60.8 Å². The predicted molar refractivity (Wildman–Crippen MR) is 80.8 cm³/mol. The lowest BCUT2D eigenvalue weighted by atomic mass is 10.0. The van der Waals surface area contributed by atoms with Crippen LogP contribution in [0.4, 0.5) is 0 Å². The van der Waals surface area contributed by atoms with Crippen LogP contribution < -0.4 is 0 Å². The van der Waals surface area contributed by atoms with Crippen LogP contribution in [0.2, 0.25) is 0 Å². The van der Waals surface area contributed by atoms with E-state index in [0.29, 0.717) is 18.0 Å². The summed E-state index contributed by atoms with van der Waals surface area (Å²) in [6, 6.07) is 5.31. The zero-order chi connectivity index (χ0) is 15.4. The lowest BCUT2D eigenvalue weighted by molar-refractivity contribution is 0.0648. The van der Waals surface area contributed by atoms with Crippen LogP contribution in [-0.2, 0) is 0 Å². The summed E-state index contributed by atoms with van der Waals surface area (Å²) >= 11 is 0. The maximum atomic E-state index is 12.6. The van der Waals surface area contributed by atoms with Gasteiger partial charge in [-0.2, -0.15) is 0 Å². The Bertz CT molecular complexity index is 585. The van der Waals surface area contributed by atoms with E-state index in [4.69, 9.17) is 5.11 Å². The first-order valence-corrected chi connectivity index (χ1v) is 7.20. The SMILES string of the molecule is Cc1ccc(C(=O)N2CCC(C)C2CO)cc1C#CCO. The standard InChI is InChI=1S/C17H21NO3/c1-12-5-6-15(10-14(12)4-3-9-19)17(21)18-8-7-13(2)16(18)11-20/h5-6,10,13,16,19-20H,7-9,11H2,1-2H3. The number of likely N-dealkylation sites (tertiary alicyclic amines) is 1. The van der Waals surface area contributed by atoms with Crippen molar-refractivity contribution in [1.29, 1.82) is 0 Å². The van der Waals surface area contributed by atoms with Gasteiger partial charge < -0.3 is 15.1 Å². The van der Waals surface area contributed by atoms with Gasteiger partial charge in [0.25, 0.3) is 5.91 Å². The molecule has 0 bridgehead atoms. The number of carbonyl (C=O) groups is 1. The molecule has 2 rings (SSSR count). The first-order valence-electron chi connectivity index (χ1n) is 7.20. The number of aryl methyl sites for hydroxylation is 1. The monoisotopic (exact) mass is 287 g/mol. The van der Waals surface area contributed by atoms with Gasteiger partial charge in [-0.1, -0.05) is 24.8 Å². The fourth-order valence-corrected chi connectivity index (χ4v) is 2.73. The molecule has 0 aromatic heterocycles. The van der Waals surface area contributed by atoms with E-state index in [2.05, 4.69) is 18.8 Å². The van der Waals surface area contributed by atoms with E-state index in [1.165, 1.54) is 0 Å². The summed E-state index contributed by atoms with van der Waals surface area (Å²) in [6.45, 7) is 4.45. The smallest absolute Gasteiger partial charge is 0.254 e. The van der Waals surface area contributed by atoms with Crippen molar-refractivity contribution in [3.8, 4) is 11.8 Å². The number of rotatable bonds is 2. The van der Waals surface area contributed by atoms with Crippen LogP contribution in [-0.4, -0.2) is 46.8 Å². The fraction of sp³-hybridized carbons (Fsp3) is 0.471. The molecule has 2 atom stereocenters. The van der Waals surface area contributed by atoms with Crippen molar-refractivity contribution in [3.05, 3.63) is 34.9 Å². The first-order chi connectivity index (χ1) is 10.1. The number of aliphatic hydroxyl groups is 2. The highest BCUT2D eigenvalue weighted by molar-refractivity contribution is 5.95. The molecule has 0 radical (unpaired) electrons. The molecule has 1 fully saturated rings. The summed E-state index contributed by atoms with van der Waals surface area (Å²) in [5.41, 5.74) is 2.30. The van der Waals surface area contributed by atoms with Crippen molar-refractivity contribution in [1.82, 2.24) is 4.90 Å². The minimum Gasteiger partial charge on any atom is -0.394 e. The molecule has 4 heteroatoms. The van der Waals surface area contributed by atoms with Crippen molar-refractivity contribution in [2.75, 3.05) is 19.8 Å². The van der Waals surface area contributed by atoms with E-state index >= 15 is 0 Å². The molecule has 2 unspecified atom stereocenters. The number of aliphatic hydroxyl groups excluding tert-OH is 2. The molecular formula is C17H21NO3. The molecule has 21 heavy (non-hydrogen) atoms. The molecule has 0 spiro atoms.